The number of nitrogens with zero attached hydrogens (tertiary/aromatic N) is 2. The highest BCUT2D eigenvalue weighted by Crippen LogP contribution is 2.35. The summed E-state index contributed by atoms with van der Waals surface area (Å²) >= 11 is 6.61. The van der Waals surface area contributed by atoms with E-state index in [0.717, 1.165) is 10.1 Å². The first-order valence-corrected chi connectivity index (χ1v) is 8.76. The zero-order valence-electron chi connectivity index (χ0n) is 9.65. The standard InChI is InChI=1S/C12H9N3S4/c13-12-14-8(18-10-3-1-5-16-10)7-9(15-12)19-11-4-2-6-17-11/h1-7H,(H2,13,14,15). The molecule has 3 nitrogen and oxygen atoms in total. The van der Waals surface area contributed by atoms with Gasteiger partial charge in [0.15, 0.2) is 0 Å². The van der Waals surface area contributed by atoms with E-state index >= 15 is 0 Å². The molecule has 3 heterocycles. The van der Waals surface area contributed by atoms with Gasteiger partial charge in [-0.1, -0.05) is 35.7 Å². The van der Waals surface area contributed by atoms with Crippen LogP contribution in [0.2, 0.25) is 0 Å². The lowest BCUT2D eigenvalue weighted by Crippen LogP contribution is -1.96. The van der Waals surface area contributed by atoms with Gasteiger partial charge in [-0.15, -0.1) is 22.7 Å². The Bertz CT molecular complexity index is 595. The van der Waals surface area contributed by atoms with E-state index in [2.05, 4.69) is 22.1 Å². The number of thiophene rings is 2. The molecule has 0 aromatic carbocycles. The summed E-state index contributed by atoms with van der Waals surface area (Å²) in [6.45, 7) is 0. The maximum Gasteiger partial charge on any atom is 0.222 e. The lowest BCUT2D eigenvalue weighted by atomic mass is 10.7. The van der Waals surface area contributed by atoms with Gasteiger partial charge in [0.2, 0.25) is 5.95 Å². The van der Waals surface area contributed by atoms with Crippen LogP contribution >= 0.6 is 46.2 Å². The molecule has 0 aliphatic carbocycles. The van der Waals surface area contributed by atoms with E-state index in [-0.39, 0.29) is 0 Å². The maximum atomic E-state index is 5.78. The van der Waals surface area contributed by atoms with Crippen LogP contribution in [0.4, 0.5) is 5.95 Å². The summed E-state index contributed by atoms with van der Waals surface area (Å²) in [6, 6.07) is 10.2. The van der Waals surface area contributed by atoms with E-state index in [4.69, 9.17) is 5.73 Å². The molecule has 0 saturated carbocycles. The summed E-state index contributed by atoms with van der Waals surface area (Å²) in [4.78, 5) is 8.53. The average Bonchev–Trinajstić information content (AvgIpc) is 3.01. The van der Waals surface area contributed by atoms with Gasteiger partial charge in [-0.2, -0.15) is 0 Å². The molecule has 0 aliphatic heterocycles. The van der Waals surface area contributed by atoms with Gasteiger partial charge in [-0.25, -0.2) is 9.97 Å². The third-order valence-electron chi connectivity index (χ3n) is 2.10. The smallest absolute Gasteiger partial charge is 0.222 e. The molecule has 3 aromatic rings. The van der Waals surface area contributed by atoms with Crippen molar-refractivity contribution in [3.05, 3.63) is 41.1 Å². The molecule has 0 radical (unpaired) electrons. The van der Waals surface area contributed by atoms with Crippen LogP contribution in [0.3, 0.4) is 0 Å². The predicted octanol–water partition coefficient (Wildman–Crippen LogP) is 4.48. The third-order valence-corrected chi connectivity index (χ3v) is 6.01. The van der Waals surface area contributed by atoms with Gasteiger partial charge in [0.1, 0.15) is 10.1 Å². The molecule has 19 heavy (non-hydrogen) atoms. The van der Waals surface area contributed by atoms with Crippen LogP contribution in [-0.4, -0.2) is 9.97 Å². The number of hydrogen-bond acceptors (Lipinski definition) is 7. The van der Waals surface area contributed by atoms with Crippen LogP contribution in [0, 0.1) is 0 Å². The highest BCUT2D eigenvalue weighted by atomic mass is 32.2. The second-order valence-corrected chi connectivity index (χ2v) is 8.01. The Labute approximate surface area is 127 Å². The zero-order chi connectivity index (χ0) is 13.1. The molecule has 2 N–H and O–H groups in total. The molecule has 0 spiro atoms. The van der Waals surface area contributed by atoms with Crippen LogP contribution in [0.15, 0.2) is 59.6 Å². The van der Waals surface area contributed by atoms with Crippen molar-refractivity contribution in [3.63, 3.8) is 0 Å². The van der Waals surface area contributed by atoms with Crippen molar-refractivity contribution in [1.29, 1.82) is 0 Å². The van der Waals surface area contributed by atoms with Crippen LogP contribution in [-0.2, 0) is 0 Å². The molecule has 0 amide bonds. The second-order valence-electron chi connectivity index (χ2n) is 3.47. The number of rotatable bonds is 4. The van der Waals surface area contributed by atoms with Crippen molar-refractivity contribution in [2.45, 2.75) is 18.5 Å². The fraction of sp³-hybridized carbons (Fsp3) is 0. The van der Waals surface area contributed by atoms with Gasteiger partial charge in [-0.3, -0.25) is 0 Å². The average molecular weight is 323 g/mol. The molecular formula is C12H9N3S4. The molecule has 0 saturated heterocycles. The lowest BCUT2D eigenvalue weighted by molar-refractivity contribution is 0.982. The van der Waals surface area contributed by atoms with Gasteiger partial charge in [0.05, 0.1) is 8.42 Å². The molecular weight excluding hydrogens is 314 g/mol. The van der Waals surface area contributed by atoms with Crippen molar-refractivity contribution in [2.75, 3.05) is 5.73 Å². The zero-order valence-corrected chi connectivity index (χ0v) is 12.9. The topological polar surface area (TPSA) is 51.8 Å². The van der Waals surface area contributed by atoms with E-state index in [1.165, 1.54) is 8.42 Å². The fourth-order valence-corrected chi connectivity index (χ4v) is 4.90. The van der Waals surface area contributed by atoms with Crippen LogP contribution < -0.4 is 5.73 Å². The Balaban J connectivity index is 1.83. The van der Waals surface area contributed by atoms with Gasteiger partial charge in [-0.05, 0) is 22.9 Å². The molecule has 3 rings (SSSR count). The van der Waals surface area contributed by atoms with Crippen LogP contribution in [0.5, 0.6) is 0 Å². The Kier molecular flexibility index (Phi) is 4.07. The molecule has 0 unspecified atom stereocenters. The summed E-state index contributed by atoms with van der Waals surface area (Å²) in [5.41, 5.74) is 5.78. The first kappa shape index (κ1) is 13.0. The van der Waals surface area contributed by atoms with E-state index in [9.17, 15) is 0 Å². The number of anilines is 1. The SMILES string of the molecule is Nc1nc(Sc2cccs2)cc(Sc2cccs2)n1. The fourth-order valence-electron chi connectivity index (χ4n) is 1.37. The third kappa shape index (κ3) is 3.50. The molecule has 0 aliphatic rings. The maximum absolute atomic E-state index is 5.78. The van der Waals surface area contributed by atoms with E-state index in [1.54, 1.807) is 46.2 Å². The minimum Gasteiger partial charge on any atom is -0.368 e. The van der Waals surface area contributed by atoms with Crippen molar-refractivity contribution < 1.29 is 0 Å². The molecule has 7 heteroatoms. The quantitative estimate of drug-likeness (QED) is 0.717. The van der Waals surface area contributed by atoms with E-state index in [0.29, 0.717) is 5.95 Å². The Morgan fingerprint density at radius 3 is 1.84 bits per heavy atom. The van der Waals surface area contributed by atoms with E-state index in [1.807, 2.05) is 29.0 Å². The summed E-state index contributed by atoms with van der Waals surface area (Å²) in [5.74, 6) is 0.320. The van der Waals surface area contributed by atoms with Crippen molar-refractivity contribution in [2.24, 2.45) is 0 Å². The lowest BCUT2D eigenvalue weighted by Gasteiger charge is -2.03. The number of nitrogens with two attached hydrogens (primary N) is 1. The van der Waals surface area contributed by atoms with Crippen molar-refractivity contribution in [1.82, 2.24) is 9.97 Å². The first-order valence-electron chi connectivity index (χ1n) is 5.37. The number of aromatic nitrogens is 2. The van der Waals surface area contributed by atoms with Gasteiger partial charge in [0.25, 0.3) is 0 Å². The number of hydrogen-bond donors (Lipinski definition) is 1. The summed E-state index contributed by atoms with van der Waals surface area (Å²) in [6.07, 6.45) is 0. The van der Waals surface area contributed by atoms with Gasteiger partial charge < -0.3 is 5.73 Å². The first-order chi connectivity index (χ1) is 9.29. The van der Waals surface area contributed by atoms with Gasteiger partial charge >= 0.3 is 0 Å². The highest BCUT2D eigenvalue weighted by Gasteiger charge is 2.07. The second kappa shape index (κ2) is 5.96. The monoisotopic (exact) mass is 323 g/mol. The molecule has 3 aromatic heterocycles. The Morgan fingerprint density at radius 1 is 0.895 bits per heavy atom. The molecule has 0 fully saturated rings. The number of nitrogen functional groups attached to an aromatic ring is 1. The van der Waals surface area contributed by atoms with Gasteiger partial charge in [0, 0.05) is 6.07 Å². The van der Waals surface area contributed by atoms with Crippen molar-refractivity contribution in [3.8, 4) is 0 Å². The Morgan fingerprint density at radius 2 is 1.42 bits per heavy atom. The minimum absolute atomic E-state index is 0.320. The summed E-state index contributed by atoms with van der Waals surface area (Å²) in [7, 11) is 0. The summed E-state index contributed by atoms with van der Waals surface area (Å²) < 4.78 is 2.40. The Hall–Kier alpha value is -1.02. The highest BCUT2D eigenvalue weighted by molar-refractivity contribution is 8.01. The normalized spacial score (nSPS) is 10.7. The molecule has 0 bridgehead atoms. The largest absolute Gasteiger partial charge is 0.368 e. The minimum atomic E-state index is 0.320. The predicted molar refractivity (Wildman–Crippen MR) is 83.3 cm³/mol. The van der Waals surface area contributed by atoms with Crippen LogP contribution in [0.1, 0.15) is 0 Å². The molecule has 0 atom stereocenters. The van der Waals surface area contributed by atoms with Crippen molar-refractivity contribution >= 4 is 52.1 Å². The summed E-state index contributed by atoms with van der Waals surface area (Å²) in [5, 5.41) is 5.87. The van der Waals surface area contributed by atoms with Crippen LogP contribution in [0.25, 0.3) is 0 Å². The molecule has 96 valence electrons. The van der Waals surface area contributed by atoms with E-state index < -0.39 is 0 Å².